The summed E-state index contributed by atoms with van der Waals surface area (Å²) in [7, 11) is 1.96. The van der Waals surface area contributed by atoms with Crippen LogP contribution in [0.5, 0.6) is 0 Å². The van der Waals surface area contributed by atoms with Crippen LogP contribution in [0.3, 0.4) is 0 Å². The molecule has 2 fully saturated rings. The van der Waals surface area contributed by atoms with Gasteiger partial charge in [0.2, 0.25) is 11.8 Å². The molecule has 22 heavy (non-hydrogen) atoms. The Morgan fingerprint density at radius 2 is 1.82 bits per heavy atom. The summed E-state index contributed by atoms with van der Waals surface area (Å²) in [4.78, 5) is 29.1. The molecular formula is C17H31N3O2. The zero-order chi connectivity index (χ0) is 16.1. The van der Waals surface area contributed by atoms with Gasteiger partial charge >= 0.3 is 0 Å². The van der Waals surface area contributed by atoms with Crippen LogP contribution in [0.2, 0.25) is 0 Å². The van der Waals surface area contributed by atoms with Crippen molar-refractivity contribution in [2.24, 2.45) is 11.8 Å². The van der Waals surface area contributed by atoms with Crippen LogP contribution >= 0.6 is 0 Å². The highest BCUT2D eigenvalue weighted by Gasteiger charge is 2.33. The lowest BCUT2D eigenvalue weighted by Gasteiger charge is -2.38. The first-order valence-corrected chi connectivity index (χ1v) is 8.81. The van der Waals surface area contributed by atoms with Crippen molar-refractivity contribution in [2.45, 2.75) is 52.0 Å². The van der Waals surface area contributed by atoms with Crippen LogP contribution in [0.1, 0.15) is 46.0 Å². The van der Waals surface area contributed by atoms with Gasteiger partial charge in [-0.25, -0.2) is 0 Å². The van der Waals surface area contributed by atoms with Gasteiger partial charge in [0.1, 0.15) is 0 Å². The minimum Gasteiger partial charge on any atom is -0.342 e. The first-order chi connectivity index (χ1) is 10.6. The Morgan fingerprint density at radius 3 is 2.50 bits per heavy atom. The molecule has 0 bridgehead atoms. The van der Waals surface area contributed by atoms with E-state index in [1.807, 2.05) is 30.7 Å². The van der Waals surface area contributed by atoms with E-state index in [9.17, 15) is 9.59 Å². The Balaban J connectivity index is 1.93. The van der Waals surface area contributed by atoms with Crippen LogP contribution in [0.25, 0.3) is 0 Å². The first kappa shape index (κ1) is 17.3. The summed E-state index contributed by atoms with van der Waals surface area (Å²) in [6.45, 7) is 7.13. The lowest BCUT2D eigenvalue weighted by atomic mass is 9.93. The second-order valence-corrected chi connectivity index (χ2v) is 6.84. The van der Waals surface area contributed by atoms with Crippen molar-refractivity contribution < 1.29 is 9.59 Å². The molecule has 0 aromatic carbocycles. The Hall–Kier alpha value is -1.10. The SMILES string of the molecule is CCC(C)C(=O)N1CCCC(C(=O)N2CCCC(NC)C2)C1. The van der Waals surface area contributed by atoms with Gasteiger partial charge in [-0.2, -0.15) is 0 Å². The average Bonchev–Trinajstić information content (AvgIpc) is 2.59. The maximum Gasteiger partial charge on any atom is 0.227 e. The quantitative estimate of drug-likeness (QED) is 0.856. The van der Waals surface area contributed by atoms with E-state index in [2.05, 4.69) is 5.32 Å². The molecule has 126 valence electrons. The number of likely N-dealkylation sites (tertiary alicyclic amines) is 2. The number of carbonyl (C=O) groups is 2. The van der Waals surface area contributed by atoms with E-state index in [0.717, 1.165) is 51.7 Å². The number of nitrogens with one attached hydrogen (secondary N) is 1. The molecule has 0 aromatic heterocycles. The lowest BCUT2D eigenvalue weighted by molar-refractivity contribution is -0.143. The average molecular weight is 309 g/mol. The van der Waals surface area contributed by atoms with E-state index < -0.39 is 0 Å². The molecule has 2 amide bonds. The van der Waals surface area contributed by atoms with Gasteiger partial charge in [0.25, 0.3) is 0 Å². The molecule has 1 N–H and O–H groups in total. The second kappa shape index (κ2) is 7.95. The lowest BCUT2D eigenvalue weighted by Crippen LogP contribution is -2.52. The maximum atomic E-state index is 12.8. The molecule has 0 saturated carbocycles. The molecule has 3 atom stereocenters. The molecule has 2 heterocycles. The van der Waals surface area contributed by atoms with E-state index in [4.69, 9.17) is 0 Å². The standard InChI is InChI=1S/C17H31N3O2/c1-4-13(2)16(21)19-9-5-7-14(11-19)17(22)20-10-6-8-15(12-20)18-3/h13-15,18H,4-12H2,1-3H3. The topological polar surface area (TPSA) is 52.7 Å². The smallest absolute Gasteiger partial charge is 0.227 e. The van der Waals surface area contributed by atoms with E-state index in [-0.39, 0.29) is 23.7 Å². The summed E-state index contributed by atoms with van der Waals surface area (Å²) in [6.07, 6.45) is 4.94. The van der Waals surface area contributed by atoms with E-state index >= 15 is 0 Å². The van der Waals surface area contributed by atoms with Gasteiger partial charge < -0.3 is 15.1 Å². The Morgan fingerprint density at radius 1 is 1.14 bits per heavy atom. The largest absolute Gasteiger partial charge is 0.342 e. The monoisotopic (exact) mass is 309 g/mol. The van der Waals surface area contributed by atoms with Crippen molar-refractivity contribution >= 4 is 11.8 Å². The van der Waals surface area contributed by atoms with Gasteiger partial charge in [0.15, 0.2) is 0 Å². The summed E-state index contributed by atoms with van der Waals surface area (Å²) < 4.78 is 0. The fourth-order valence-electron chi connectivity index (χ4n) is 3.54. The predicted molar refractivity (Wildman–Crippen MR) is 87.4 cm³/mol. The molecule has 0 aliphatic carbocycles. The Kier molecular flexibility index (Phi) is 6.24. The van der Waals surface area contributed by atoms with Gasteiger partial charge in [0.05, 0.1) is 5.92 Å². The minimum absolute atomic E-state index is 0.00244. The van der Waals surface area contributed by atoms with Crippen molar-refractivity contribution in [3.05, 3.63) is 0 Å². The number of amides is 2. The second-order valence-electron chi connectivity index (χ2n) is 6.84. The third-order valence-electron chi connectivity index (χ3n) is 5.26. The van der Waals surface area contributed by atoms with Crippen molar-refractivity contribution in [3.63, 3.8) is 0 Å². The molecule has 2 saturated heterocycles. The van der Waals surface area contributed by atoms with Crippen LogP contribution in [0, 0.1) is 11.8 Å². The number of rotatable bonds is 4. The maximum absolute atomic E-state index is 12.8. The van der Waals surface area contributed by atoms with E-state index in [0.29, 0.717) is 12.6 Å². The number of nitrogens with zero attached hydrogens (tertiary/aromatic N) is 2. The molecule has 0 radical (unpaired) electrons. The zero-order valence-electron chi connectivity index (χ0n) is 14.3. The zero-order valence-corrected chi connectivity index (χ0v) is 14.3. The van der Waals surface area contributed by atoms with Gasteiger partial charge in [0, 0.05) is 38.1 Å². The molecule has 2 aliphatic heterocycles. The van der Waals surface area contributed by atoms with Gasteiger partial charge in [-0.1, -0.05) is 13.8 Å². The number of carbonyl (C=O) groups excluding carboxylic acids is 2. The first-order valence-electron chi connectivity index (χ1n) is 8.81. The molecule has 5 nitrogen and oxygen atoms in total. The van der Waals surface area contributed by atoms with Crippen LogP contribution in [-0.2, 0) is 9.59 Å². The third-order valence-corrected chi connectivity index (χ3v) is 5.26. The highest BCUT2D eigenvalue weighted by atomic mass is 16.2. The Bertz CT molecular complexity index is 399. The fraction of sp³-hybridized carbons (Fsp3) is 0.882. The summed E-state index contributed by atoms with van der Waals surface area (Å²) in [5.41, 5.74) is 0. The van der Waals surface area contributed by atoms with Crippen LogP contribution < -0.4 is 5.32 Å². The number of likely N-dealkylation sites (N-methyl/N-ethyl adjacent to an activating group) is 1. The van der Waals surface area contributed by atoms with Gasteiger partial charge in [-0.3, -0.25) is 9.59 Å². The number of hydrogen-bond acceptors (Lipinski definition) is 3. The molecule has 2 aliphatic rings. The summed E-state index contributed by atoms with van der Waals surface area (Å²) >= 11 is 0. The van der Waals surface area contributed by atoms with Crippen molar-refractivity contribution in [1.29, 1.82) is 0 Å². The third kappa shape index (κ3) is 4.00. The minimum atomic E-state index is -0.00244. The molecular weight excluding hydrogens is 278 g/mol. The van der Waals surface area contributed by atoms with Crippen LogP contribution in [0.4, 0.5) is 0 Å². The highest BCUT2D eigenvalue weighted by molar-refractivity contribution is 5.82. The van der Waals surface area contributed by atoms with Crippen molar-refractivity contribution in [1.82, 2.24) is 15.1 Å². The predicted octanol–water partition coefficient (Wildman–Crippen LogP) is 1.48. The van der Waals surface area contributed by atoms with E-state index in [1.54, 1.807) is 0 Å². The van der Waals surface area contributed by atoms with Crippen molar-refractivity contribution in [2.75, 3.05) is 33.2 Å². The summed E-state index contributed by atoms with van der Waals surface area (Å²) in [5, 5.41) is 3.28. The Labute approximate surface area is 134 Å². The molecule has 0 aromatic rings. The number of piperidine rings is 2. The normalized spacial score (nSPS) is 27.6. The van der Waals surface area contributed by atoms with Crippen LogP contribution in [-0.4, -0.2) is 60.9 Å². The fourth-order valence-corrected chi connectivity index (χ4v) is 3.54. The van der Waals surface area contributed by atoms with Crippen LogP contribution in [0.15, 0.2) is 0 Å². The molecule has 5 heteroatoms. The van der Waals surface area contributed by atoms with Gasteiger partial charge in [-0.15, -0.1) is 0 Å². The summed E-state index contributed by atoms with van der Waals surface area (Å²) in [6, 6.07) is 0.416. The molecule has 2 rings (SSSR count). The van der Waals surface area contributed by atoms with E-state index in [1.165, 1.54) is 0 Å². The van der Waals surface area contributed by atoms with Crippen molar-refractivity contribution in [3.8, 4) is 0 Å². The van der Waals surface area contributed by atoms with Gasteiger partial charge in [-0.05, 0) is 39.2 Å². The highest BCUT2D eigenvalue weighted by Crippen LogP contribution is 2.23. The molecule has 0 spiro atoms. The molecule has 3 unspecified atom stereocenters. The summed E-state index contributed by atoms with van der Waals surface area (Å²) in [5.74, 6) is 0.531. The number of hydrogen-bond donors (Lipinski definition) is 1.